The Balaban J connectivity index is -0.000000126. The molecule has 1 N–H and O–H groups in total. The molecule has 0 atom stereocenters. The summed E-state index contributed by atoms with van der Waals surface area (Å²) in [4.78, 5) is 17.3. The maximum atomic E-state index is 9.44. The van der Waals surface area contributed by atoms with Crippen molar-refractivity contribution in [3.63, 3.8) is 0 Å². The van der Waals surface area contributed by atoms with Crippen molar-refractivity contribution in [2.75, 3.05) is 5.88 Å². The summed E-state index contributed by atoms with van der Waals surface area (Å²) in [6.45, 7) is 0. The number of carboxylic acid groups (broad SMARTS) is 2. The Morgan fingerprint density at radius 2 is 1.58 bits per heavy atom. The molecule has 0 aromatic carbocycles. The van der Waals surface area contributed by atoms with Crippen molar-refractivity contribution in [1.82, 2.24) is 0 Å². The number of hydrogen-bond acceptors (Lipinski definition) is 3. The summed E-state index contributed by atoms with van der Waals surface area (Å²) < 4.78 is 0. The van der Waals surface area contributed by atoms with Crippen LogP contribution in [-0.2, 0) is 9.59 Å². The van der Waals surface area contributed by atoms with Gasteiger partial charge in [0.15, 0.2) is 0 Å². The predicted molar refractivity (Wildman–Crippen MR) is 38.9 cm³/mol. The Morgan fingerprint density at radius 3 is 1.58 bits per heavy atom. The molecule has 0 aliphatic carbocycles. The van der Waals surface area contributed by atoms with Crippen LogP contribution < -0.4 is 34.7 Å². The summed E-state index contributed by atoms with van der Waals surface area (Å²) in [6, 6.07) is 0. The van der Waals surface area contributed by atoms with E-state index < -0.39 is 22.7 Å². The Kier molecular flexibility index (Phi) is 18.3. The largest absolute Gasteiger partial charge is 1.00 e. The summed E-state index contributed by atoms with van der Waals surface area (Å²) in [6.07, 6.45) is 0. The number of carbonyl (C=O) groups is 2. The van der Waals surface area contributed by atoms with E-state index in [4.69, 9.17) is 38.2 Å². The molecule has 0 aromatic heterocycles. The van der Waals surface area contributed by atoms with Gasteiger partial charge >= 0.3 is 35.5 Å². The topological polar surface area (TPSA) is 77.4 Å². The monoisotopic (exact) mass is 244 g/mol. The third-order valence-corrected chi connectivity index (χ3v) is 0.887. The smallest absolute Gasteiger partial charge is 0.549 e. The number of halogens is 3. The van der Waals surface area contributed by atoms with Crippen LogP contribution in [0.15, 0.2) is 0 Å². The van der Waals surface area contributed by atoms with Crippen LogP contribution >= 0.6 is 34.8 Å². The fourth-order valence-corrected chi connectivity index (χ4v) is 0. The minimum Gasteiger partial charge on any atom is -0.549 e. The van der Waals surface area contributed by atoms with Crippen LogP contribution in [0.25, 0.3) is 0 Å². The minimum absolute atomic E-state index is 0. The Hall–Kier alpha value is 0.810. The molecule has 0 unspecified atom stereocenters. The van der Waals surface area contributed by atoms with E-state index in [1.807, 2.05) is 0 Å². The van der Waals surface area contributed by atoms with E-state index in [2.05, 4.69) is 11.6 Å². The molecule has 0 aromatic rings. The summed E-state index contributed by atoms with van der Waals surface area (Å²) in [5, 5.41) is 16.9. The standard InChI is InChI=1S/C2H2Cl2O2.C2H3ClO2.Na/c3-1(4)2(5)6;3-1-2(4)5;/h1H,(H,5,6);1H2,(H,4,5);/q;;+1/p-1. The van der Waals surface area contributed by atoms with Gasteiger partial charge < -0.3 is 15.0 Å². The van der Waals surface area contributed by atoms with E-state index in [9.17, 15) is 4.79 Å². The first kappa shape index (κ1) is 18.6. The van der Waals surface area contributed by atoms with E-state index in [0.29, 0.717) is 0 Å². The molecule has 0 saturated carbocycles. The first-order valence-corrected chi connectivity index (χ1v) is 3.59. The molecule has 0 bridgehead atoms. The molecule has 0 aliphatic rings. The number of rotatable bonds is 2. The van der Waals surface area contributed by atoms with Crippen molar-refractivity contribution in [3.8, 4) is 0 Å². The van der Waals surface area contributed by atoms with E-state index in [1.54, 1.807) is 0 Å². The second-order valence-corrected chi connectivity index (χ2v) is 2.51. The second kappa shape index (κ2) is 11.8. The van der Waals surface area contributed by atoms with Crippen LogP contribution in [-0.4, -0.2) is 27.8 Å². The summed E-state index contributed by atoms with van der Waals surface area (Å²) in [7, 11) is 0. The van der Waals surface area contributed by atoms with Gasteiger partial charge in [-0.05, 0) is 0 Å². The number of hydrogen-bond donors (Lipinski definition) is 1. The van der Waals surface area contributed by atoms with E-state index in [-0.39, 0.29) is 29.6 Å². The Labute approximate surface area is 106 Å². The van der Waals surface area contributed by atoms with Crippen LogP contribution in [0.4, 0.5) is 0 Å². The van der Waals surface area contributed by atoms with Crippen LogP contribution in [0.3, 0.4) is 0 Å². The van der Waals surface area contributed by atoms with Crippen molar-refractivity contribution in [2.45, 2.75) is 4.84 Å². The zero-order chi connectivity index (χ0) is 9.44. The molecule has 0 spiro atoms. The average molecular weight is 245 g/mol. The van der Waals surface area contributed by atoms with E-state index in [1.165, 1.54) is 0 Å². The van der Waals surface area contributed by atoms with Gasteiger partial charge in [0, 0.05) is 0 Å². The molecule has 0 rings (SSSR count). The first-order valence-electron chi connectivity index (χ1n) is 2.18. The number of carbonyl (C=O) groups excluding carboxylic acids is 1. The van der Waals surface area contributed by atoms with Gasteiger partial charge in [-0.2, -0.15) is 0 Å². The molecule has 0 saturated heterocycles. The molecule has 0 radical (unpaired) electrons. The fraction of sp³-hybridized carbons (Fsp3) is 0.500. The number of alkyl halides is 3. The number of aliphatic carboxylic acids is 2. The molecule has 0 heterocycles. The van der Waals surface area contributed by atoms with Gasteiger partial charge in [0.25, 0.3) is 0 Å². The van der Waals surface area contributed by atoms with Gasteiger partial charge in [0.2, 0.25) is 4.84 Å². The van der Waals surface area contributed by atoms with Crippen LogP contribution in [0.1, 0.15) is 0 Å². The Bertz CT molecular complexity index is 140. The third-order valence-electron chi connectivity index (χ3n) is 0.296. The fourth-order valence-electron chi connectivity index (χ4n) is 0. The summed E-state index contributed by atoms with van der Waals surface area (Å²) >= 11 is 14.2. The van der Waals surface area contributed by atoms with Gasteiger partial charge in [-0.1, -0.05) is 23.2 Å². The normalized spacial score (nSPS) is 7.67. The molecule has 66 valence electrons. The second-order valence-electron chi connectivity index (χ2n) is 1.14. The van der Waals surface area contributed by atoms with Gasteiger partial charge in [0.1, 0.15) is 0 Å². The van der Waals surface area contributed by atoms with Crippen LogP contribution in [0.2, 0.25) is 0 Å². The van der Waals surface area contributed by atoms with Gasteiger partial charge in [-0.3, -0.25) is 0 Å². The first-order chi connectivity index (χ1) is 4.91. The SMILES string of the molecule is O=C(O)C(Cl)Cl.O=C([O-])CCl.[Na+]. The van der Waals surface area contributed by atoms with E-state index in [0.717, 1.165) is 0 Å². The summed E-state index contributed by atoms with van der Waals surface area (Å²) in [5.41, 5.74) is 0. The van der Waals surface area contributed by atoms with Gasteiger partial charge in [-0.15, -0.1) is 11.6 Å². The van der Waals surface area contributed by atoms with Crippen LogP contribution in [0.5, 0.6) is 0 Å². The van der Waals surface area contributed by atoms with Crippen molar-refractivity contribution in [2.24, 2.45) is 0 Å². The molecule has 0 fully saturated rings. The predicted octanol–water partition coefficient (Wildman–Crippen LogP) is -3.15. The van der Waals surface area contributed by atoms with Crippen molar-refractivity contribution in [3.05, 3.63) is 0 Å². The van der Waals surface area contributed by atoms with Gasteiger partial charge in [0.05, 0.1) is 11.8 Å². The number of carboxylic acids is 2. The van der Waals surface area contributed by atoms with Gasteiger partial charge in [-0.25, -0.2) is 4.79 Å². The molecular formula is C4H4Cl3NaO4. The molecule has 0 amide bonds. The maximum absolute atomic E-state index is 9.44. The average Bonchev–Trinajstić information content (AvgIpc) is 1.89. The molecule has 4 nitrogen and oxygen atoms in total. The molecule has 12 heavy (non-hydrogen) atoms. The quantitative estimate of drug-likeness (QED) is 0.412. The third kappa shape index (κ3) is 22.4. The van der Waals surface area contributed by atoms with E-state index >= 15 is 0 Å². The maximum Gasteiger partial charge on any atom is 1.00 e. The van der Waals surface area contributed by atoms with Crippen molar-refractivity contribution >= 4 is 46.7 Å². The summed E-state index contributed by atoms with van der Waals surface area (Å²) in [5.74, 6) is -2.86. The minimum atomic E-state index is -1.29. The zero-order valence-corrected chi connectivity index (χ0v) is 10.4. The molecule has 8 heteroatoms. The van der Waals surface area contributed by atoms with Crippen LogP contribution in [0, 0.1) is 0 Å². The van der Waals surface area contributed by atoms with Crippen molar-refractivity contribution in [1.29, 1.82) is 0 Å². The Morgan fingerprint density at radius 1 is 1.42 bits per heavy atom. The zero-order valence-electron chi connectivity index (χ0n) is 6.09. The molecule has 0 aliphatic heterocycles. The molecular weight excluding hydrogens is 241 g/mol. The van der Waals surface area contributed by atoms with Crippen molar-refractivity contribution < 1.29 is 49.4 Å².